The van der Waals surface area contributed by atoms with Crippen molar-refractivity contribution in [2.75, 3.05) is 0 Å². The number of hydrogen-bond acceptors (Lipinski definition) is 3. The summed E-state index contributed by atoms with van der Waals surface area (Å²) < 4.78 is 0. The van der Waals surface area contributed by atoms with Crippen molar-refractivity contribution in [3.63, 3.8) is 0 Å². The predicted molar refractivity (Wildman–Crippen MR) is 117 cm³/mol. The third kappa shape index (κ3) is 4.23. The van der Waals surface area contributed by atoms with E-state index in [1.54, 1.807) is 17.6 Å². The van der Waals surface area contributed by atoms with Gasteiger partial charge in [0.15, 0.2) is 0 Å². The molecule has 3 aromatic rings. The van der Waals surface area contributed by atoms with Crippen LogP contribution in [-0.4, -0.2) is 12.1 Å². The number of hydrazone groups is 1. The number of rotatable bonds is 5. The Morgan fingerprint density at radius 1 is 1.14 bits per heavy atom. The molecule has 0 aliphatic heterocycles. The van der Waals surface area contributed by atoms with Crippen molar-refractivity contribution < 1.29 is 4.79 Å². The second-order valence-corrected chi connectivity index (χ2v) is 8.40. The zero-order chi connectivity index (χ0) is 19.3. The van der Waals surface area contributed by atoms with Crippen LogP contribution in [0, 0.1) is 5.92 Å². The average molecular weight is 389 g/mol. The number of nitrogens with zero attached hydrogens (tertiary/aromatic N) is 1. The Hall–Kier alpha value is -2.72. The molecule has 0 bridgehead atoms. The Morgan fingerprint density at radius 2 is 1.89 bits per heavy atom. The lowest BCUT2D eigenvalue weighted by Gasteiger charge is -2.19. The summed E-state index contributed by atoms with van der Waals surface area (Å²) in [5.74, 6) is 0.638. The van der Waals surface area contributed by atoms with Gasteiger partial charge in [0.2, 0.25) is 0 Å². The minimum atomic E-state index is -0.121. The SMILES string of the molecule is CC[C@H]1CCc2sc(C(=O)N/N=C\c3ccc(-c4ccccc4)cc3)cc2C1. The number of carbonyl (C=O) groups is 1. The number of benzene rings is 2. The maximum atomic E-state index is 12.4. The highest BCUT2D eigenvalue weighted by molar-refractivity contribution is 7.14. The van der Waals surface area contributed by atoms with Gasteiger partial charge in [-0.05, 0) is 53.5 Å². The summed E-state index contributed by atoms with van der Waals surface area (Å²) in [7, 11) is 0. The number of carbonyl (C=O) groups excluding carboxylic acids is 1. The van der Waals surface area contributed by atoms with Crippen molar-refractivity contribution in [2.24, 2.45) is 11.0 Å². The molecule has 1 aliphatic rings. The van der Waals surface area contributed by atoms with Crippen molar-refractivity contribution >= 4 is 23.5 Å². The van der Waals surface area contributed by atoms with Crippen molar-refractivity contribution in [1.82, 2.24) is 5.43 Å². The van der Waals surface area contributed by atoms with E-state index in [9.17, 15) is 4.79 Å². The summed E-state index contributed by atoms with van der Waals surface area (Å²) in [6.07, 6.45) is 6.34. The van der Waals surface area contributed by atoms with Crippen LogP contribution in [0.5, 0.6) is 0 Å². The largest absolute Gasteiger partial charge is 0.281 e. The number of thiophene rings is 1. The molecule has 0 fully saturated rings. The highest BCUT2D eigenvalue weighted by atomic mass is 32.1. The van der Waals surface area contributed by atoms with E-state index in [0.29, 0.717) is 0 Å². The predicted octanol–water partition coefficient (Wildman–Crippen LogP) is 5.69. The van der Waals surface area contributed by atoms with E-state index in [2.05, 4.69) is 47.8 Å². The van der Waals surface area contributed by atoms with Crippen LogP contribution in [0.4, 0.5) is 0 Å². The molecule has 0 saturated heterocycles. The van der Waals surface area contributed by atoms with Gasteiger partial charge in [-0.15, -0.1) is 11.3 Å². The normalized spacial score (nSPS) is 16.1. The molecule has 1 atom stereocenters. The smallest absolute Gasteiger partial charge is 0.266 e. The Balaban J connectivity index is 1.37. The fourth-order valence-corrected chi connectivity index (χ4v) is 4.77. The Bertz CT molecular complexity index is 974. The lowest BCUT2D eigenvalue weighted by molar-refractivity contribution is 0.0959. The summed E-state index contributed by atoms with van der Waals surface area (Å²) in [5.41, 5.74) is 7.33. The number of amides is 1. The van der Waals surface area contributed by atoms with E-state index < -0.39 is 0 Å². The second-order valence-electron chi connectivity index (χ2n) is 7.26. The fraction of sp³-hybridized carbons (Fsp3) is 0.250. The molecule has 0 radical (unpaired) electrons. The van der Waals surface area contributed by atoms with E-state index in [4.69, 9.17) is 0 Å². The Labute approximate surface area is 170 Å². The molecule has 0 spiro atoms. The lowest BCUT2D eigenvalue weighted by Crippen LogP contribution is -2.16. The first-order chi connectivity index (χ1) is 13.7. The van der Waals surface area contributed by atoms with Crippen LogP contribution in [-0.2, 0) is 12.8 Å². The third-order valence-corrected chi connectivity index (χ3v) is 6.62. The topological polar surface area (TPSA) is 41.5 Å². The van der Waals surface area contributed by atoms with Crippen LogP contribution < -0.4 is 5.43 Å². The molecule has 1 aromatic heterocycles. The van der Waals surface area contributed by atoms with Crippen LogP contribution in [0.15, 0.2) is 65.8 Å². The van der Waals surface area contributed by atoms with E-state index in [0.717, 1.165) is 34.8 Å². The zero-order valence-electron chi connectivity index (χ0n) is 16.0. The van der Waals surface area contributed by atoms with Crippen LogP contribution in [0.2, 0.25) is 0 Å². The molecule has 4 rings (SSSR count). The quantitative estimate of drug-likeness (QED) is 0.442. The Morgan fingerprint density at radius 3 is 2.64 bits per heavy atom. The van der Waals surface area contributed by atoms with Gasteiger partial charge < -0.3 is 0 Å². The van der Waals surface area contributed by atoms with Gasteiger partial charge in [0, 0.05) is 4.88 Å². The molecule has 3 nitrogen and oxygen atoms in total. The first-order valence-corrected chi connectivity index (χ1v) is 10.6. The molecular weight excluding hydrogens is 364 g/mol. The van der Waals surface area contributed by atoms with Crippen molar-refractivity contribution in [2.45, 2.75) is 32.6 Å². The van der Waals surface area contributed by atoms with Gasteiger partial charge in [-0.1, -0.05) is 67.9 Å². The minimum absolute atomic E-state index is 0.121. The van der Waals surface area contributed by atoms with Crippen LogP contribution >= 0.6 is 11.3 Å². The molecule has 1 N–H and O–H groups in total. The minimum Gasteiger partial charge on any atom is -0.266 e. The fourth-order valence-electron chi connectivity index (χ4n) is 3.67. The van der Waals surface area contributed by atoms with E-state index in [1.807, 2.05) is 30.3 Å². The molecule has 1 amide bonds. The molecule has 142 valence electrons. The molecule has 0 unspecified atom stereocenters. The molecule has 28 heavy (non-hydrogen) atoms. The van der Waals surface area contributed by atoms with Crippen LogP contribution in [0.25, 0.3) is 11.1 Å². The molecule has 2 aromatic carbocycles. The lowest BCUT2D eigenvalue weighted by atomic mass is 9.87. The summed E-state index contributed by atoms with van der Waals surface area (Å²) >= 11 is 1.62. The highest BCUT2D eigenvalue weighted by Crippen LogP contribution is 2.33. The van der Waals surface area contributed by atoms with Gasteiger partial charge in [0.25, 0.3) is 5.91 Å². The van der Waals surface area contributed by atoms with Gasteiger partial charge in [0.1, 0.15) is 0 Å². The molecule has 0 saturated carbocycles. The van der Waals surface area contributed by atoms with Gasteiger partial charge in [-0.25, -0.2) is 5.43 Å². The van der Waals surface area contributed by atoms with E-state index in [1.165, 1.54) is 28.8 Å². The van der Waals surface area contributed by atoms with Gasteiger partial charge in [0.05, 0.1) is 11.1 Å². The number of fused-ring (bicyclic) bond motifs is 1. The average Bonchev–Trinajstić information content (AvgIpc) is 3.18. The third-order valence-electron chi connectivity index (χ3n) is 5.38. The van der Waals surface area contributed by atoms with Gasteiger partial charge in [-0.3, -0.25) is 4.79 Å². The maximum absolute atomic E-state index is 12.4. The standard InChI is InChI=1S/C24H24N2OS/c1-2-17-10-13-22-21(14-17)15-23(28-22)24(27)26-25-16-18-8-11-20(12-9-18)19-6-4-3-5-7-19/h3-9,11-12,15-17H,2,10,13-14H2,1H3,(H,26,27)/b25-16-/t17-/m0/s1. The monoisotopic (exact) mass is 388 g/mol. The van der Waals surface area contributed by atoms with Crippen molar-refractivity contribution in [1.29, 1.82) is 0 Å². The van der Waals surface area contributed by atoms with Gasteiger partial charge >= 0.3 is 0 Å². The van der Waals surface area contributed by atoms with E-state index >= 15 is 0 Å². The molecule has 1 aliphatic carbocycles. The summed E-state index contributed by atoms with van der Waals surface area (Å²) in [6.45, 7) is 2.25. The number of aryl methyl sites for hydroxylation is 1. The molecule has 1 heterocycles. The van der Waals surface area contributed by atoms with Crippen molar-refractivity contribution in [3.05, 3.63) is 81.5 Å². The molecule has 4 heteroatoms. The first-order valence-electron chi connectivity index (χ1n) is 9.83. The Kier molecular flexibility index (Phi) is 5.68. The zero-order valence-corrected chi connectivity index (χ0v) is 16.8. The number of nitrogens with one attached hydrogen (secondary N) is 1. The maximum Gasteiger partial charge on any atom is 0.281 e. The summed E-state index contributed by atoms with van der Waals surface area (Å²) in [5, 5.41) is 4.14. The second kappa shape index (κ2) is 8.53. The summed E-state index contributed by atoms with van der Waals surface area (Å²) in [4.78, 5) is 14.6. The van der Waals surface area contributed by atoms with Gasteiger partial charge in [-0.2, -0.15) is 5.10 Å². The van der Waals surface area contributed by atoms with Crippen molar-refractivity contribution in [3.8, 4) is 11.1 Å². The van der Waals surface area contributed by atoms with Crippen LogP contribution in [0.1, 0.15) is 45.4 Å². The summed E-state index contributed by atoms with van der Waals surface area (Å²) in [6, 6.07) is 20.5. The highest BCUT2D eigenvalue weighted by Gasteiger charge is 2.21. The number of hydrogen-bond donors (Lipinski definition) is 1. The molecular formula is C24H24N2OS. The first kappa shape index (κ1) is 18.6. The van der Waals surface area contributed by atoms with E-state index in [-0.39, 0.29) is 5.91 Å². The van der Waals surface area contributed by atoms with Crippen LogP contribution in [0.3, 0.4) is 0 Å².